The predicted octanol–water partition coefficient (Wildman–Crippen LogP) is 3.07. The van der Waals surface area contributed by atoms with E-state index in [9.17, 15) is 0 Å². The Morgan fingerprint density at radius 1 is 1.29 bits per heavy atom. The average Bonchev–Trinajstić information content (AvgIpc) is 2.32. The van der Waals surface area contributed by atoms with Crippen molar-refractivity contribution in [3.8, 4) is 0 Å². The lowest BCUT2D eigenvalue weighted by Crippen LogP contribution is -2.29. The first-order valence-corrected chi connectivity index (χ1v) is 6.56. The zero-order chi connectivity index (χ0) is 12.7. The lowest BCUT2D eigenvalue weighted by molar-refractivity contribution is 0.300. The van der Waals surface area contributed by atoms with Crippen LogP contribution in [0.1, 0.15) is 20.3 Å². The molecule has 0 radical (unpaired) electrons. The molecule has 0 aromatic heterocycles. The lowest BCUT2D eigenvalue weighted by Gasteiger charge is -2.20. The molecule has 0 aliphatic heterocycles. The van der Waals surface area contributed by atoms with E-state index in [1.165, 1.54) is 6.42 Å². The molecule has 1 aromatic rings. The van der Waals surface area contributed by atoms with Gasteiger partial charge in [-0.05, 0) is 37.7 Å². The molecule has 4 heteroatoms. The molecule has 17 heavy (non-hydrogen) atoms. The first-order chi connectivity index (χ1) is 8.17. The van der Waals surface area contributed by atoms with Crippen molar-refractivity contribution < 1.29 is 0 Å². The quantitative estimate of drug-likeness (QED) is 0.736. The first kappa shape index (κ1) is 14.1. The Morgan fingerprint density at radius 2 is 2.06 bits per heavy atom. The Labute approximate surface area is 109 Å². The summed E-state index contributed by atoms with van der Waals surface area (Å²) in [5.74, 6) is 0. The Morgan fingerprint density at radius 3 is 2.71 bits per heavy atom. The molecule has 0 heterocycles. The van der Waals surface area contributed by atoms with Gasteiger partial charge in [0.25, 0.3) is 0 Å². The molecule has 1 aromatic carbocycles. The van der Waals surface area contributed by atoms with Crippen molar-refractivity contribution in [2.75, 3.05) is 37.2 Å². The van der Waals surface area contributed by atoms with Crippen LogP contribution in [0.25, 0.3) is 0 Å². The van der Waals surface area contributed by atoms with Crippen molar-refractivity contribution in [3.05, 3.63) is 23.2 Å². The van der Waals surface area contributed by atoms with Crippen LogP contribution in [0.15, 0.2) is 18.2 Å². The summed E-state index contributed by atoms with van der Waals surface area (Å²) in [6.45, 7) is 8.52. The molecule has 0 amide bonds. The summed E-state index contributed by atoms with van der Waals surface area (Å²) in [6, 6.07) is 5.50. The fourth-order valence-electron chi connectivity index (χ4n) is 1.77. The standard InChI is InChI=1S/C13H22ClN3/c1-3-8-17(4-2)9-7-16-13-10-11(14)5-6-12(13)15/h5-6,10,16H,3-4,7-9,15H2,1-2H3. The third kappa shape index (κ3) is 4.84. The van der Waals surface area contributed by atoms with Gasteiger partial charge in [0.2, 0.25) is 0 Å². The van der Waals surface area contributed by atoms with Gasteiger partial charge >= 0.3 is 0 Å². The van der Waals surface area contributed by atoms with Crippen LogP contribution < -0.4 is 11.1 Å². The minimum absolute atomic E-state index is 0.711. The molecule has 0 spiro atoms. The summed E-state index contributed by atoms with van der Waals surface area (Å²) in [5, 5.41) is 4.04. The highest BCUT2D eigenvalue weighted by atomic mass is 35.5. The number of anilines is 2. The van der Waals surface area contributed by atoms with Crippen molar-refractivity contribution in [2.45, 2.75) is 20.3 Å². The van der Waals surface area contributed by atoms with Crippen LogP contribution in [-0.2, 0) is 0 Å². The molecule has 0 bridgehead atoms. The van der Waals surface area contributed by atoms with Gasteiger partial charge in [-0.15, -0.1) is 0 Å². The van der Waals surface area contributed by atoms with Crippen molar-refractivity contribution in [2.24, 2.45) is 0 Å². The molecule has 0 saturated carbocycles. The van der Waals surface area contributed by atoms with Gasteiger partial charge in [-0.25, -0.2) is 0 Å². The normalized spacial score (nSPS) is 10.8. The zero-order valence-electron chi connectivity index (χ0n) is 10.7. The minimum Gasteiger partial charge on any atom is -0.397 e. The van der Waals surface area contributed by atoms with E-state index in [1.807, 2.05) is 12.1 Å². The third-order valence-corrected chi connectivity index (χ3v) is 2.98. The second kappa shape index (κ2) is 7.41. The van der Waals surface area contributed by atoms with Gasteiger partial charge in [-0.1, -0.05) is 25.4 Å². The van der Waals surface area contributed by atoms with Crippen molar-refractivity contribution in [1.82, 2.24) is 4.90 Å². The average molecular weight is 256 g/mol. The number of likely N-dealkylation sites (N-methyl/N-ethyl adjacent to an activating group) is 1. The molecule has 0 saturated heterocycles. The molecule has 0 aliphatic rings. The van der Waals surface area contributed by atoms with Crippen molar-refractivity contribution >= 4 is 23.0 Å². The first-order valence-electron chi connectivity index (χ1n) is 6.18. The van der Waals surface area contributed by atoms with Crippen molar-refractivity contribution in [3.63, 3.8) is 0 Å². The number of hydrogen-bond donors (Lipinski definition) is 2. The highest BCUT2D eigenvalue weighted by Crippen LogP contribution is 2.22. The van der Waals surface area contributed by atoms with E-state index in [0.717, 1.165) is 37.6 Å². The second-order valence-electron chi connectivity index (χ2n) is 4.09. The van der Waals surface area contributed by atoms with Gasteiger partial charge in [0.05, 0.1) is 11.4 Å². The largest absolute Gasteiger partial charge is 0.397 e. The zero-order valence-corrected chi connectivity index (χ0v) is 11.4. The molecule has 0 unspecified atom stereocenters. The third-order valence-electron chi connectivity index (χ3n) is 2.75. The highest BCUT2D eigenvalue weighted by molar-refractivity contribution is 6.31. The molecule has 0 aliphatic carbocycles. The van der Waals surface area contributed by atoms with Gasteiger partial charge in [0.15, 0.2) is 0 Å². The number of rotatable bonds is 7. The van der Waals surface area contributed by atoms with E-state index >= 15 is 0 Å². The molecule has 96 valence electrons. The Hall–Kier alpha value is -0.930. The van der Waals surface area contributed by atoms with Gasteiger partial charge in [-0.2, -0.15) is 0 Å². The predicted molar refractivity (Wildman–Crippen MR) is 76.8 cm³/mol. The smallest absolute Gasteiger partial charge is 0.0589 e. The maximum atomic E-state index is 5.93. The summed E-state index contributed by atoms with van der Waals surface area (Å²) in [7, 11) is 0. The highest BCUT2D eigenvalue weighted by Gasteiger charge is 2.02. The van der Waals surface area contributed by atoms with Crippen LogP contribution in [0.3, 0.4) is 0 Å². The molecule has 0 fully saturated rings. The van der Waals surface area contributed by atoms with Crippen LogP contribution in [0.5, 0.6) is 0 Å². The molecule has 1 rings (SSSR count). The van der Waals surface area contributed by atoms with E-state index in [1.54, 1.807) is 6.07 Å². The topological polar surface area (TPSA) is 41.3 Å². The maximum Gasteiger partial charge on any atom is 0.0589 e. The molecular formula is C13H22ClN3. The number of benzene rings is 1. The number of nitrogens with zero attached hydrogens (tertiary/aromatic N) is 1. The van der Waals surface area contributed by atoms with Crippen LogP contribution in [0, 0.1) is 0 Å². The maximum absolute atomic E-state index is 5.93. The summed E-state index contributed by atoms with van der Waals surface area (Å²) in [4.78, 5) is 2.41. The van der Waals surface area contributed by atoms with E-state index < -0.39 is 0 Å². The molecule has 0 atom stereocenters. The lowest BCUT2D eigenvalue weighted by atomic mass is 10.2. The summed E-state index contributed by atoms with van der Waals surface area (Å²) in [5.41, 5.74) is 7.53. The fraction of sp³-hybridized carbons (Fsp3) is 0.538. The number of nitrogens with two attached hydrogens (primary N) is 1. The molecule has 3 nitrogen and oxygen atoms in total. The Bertz CT molecular complexity index is 341. The summed E-state index contributed by atoms with van der Waals surface area (Å²) in [6.07, 6.45) is 1.19. The molecular weight excluding hydrogens is 234 g/mol. The van der Waals surface area contributed by atoms with Crippen molar-refractivity contribution in [1.29, 1.82) is 0 Å². The van der Waals surface area contributed by atoms with E-state index in [2.05, 4.69) is 24.1 Å². The van der Waals surface area contributed by atoms with Gasteiger partial charge in [0.1, 0.15) is 0 Å². The van der Waals surface area contributed by atoms with E-state index in [0.29, 0.717) is 5.02 Å². The van der Waals surface area contributed by atoms with Crippen LogP contribution in [0.4, 0.5) is 11.4 Å². The van der Waals surface area contributed by atoms with Crippen LogP contribution >= 0.6 is 11.6 Å². The SMILES string of the molecule is CCCN(CC)CCNc1cc(Cl)ccc1N. The van der Waals surface area contributed by atoms with Gasteiger partial charge in [-0.3, -0.25) is 0 Å². The number of nitrogen functional groups attached to an aromatic ring is 1. The molecule has 3 N–H and O–H groups in total. The number of hydrogen-bond acceptors (Lipinski definition) is 3. The van der Waals surface area contributed by atoms with Gasteiger partial charge in [0, 0.05) is 18.1 Å². The van der Waals surface area contributed by atoms with E-state index in [-0.39, 0.29) is 0 Å². The fourth-order valence-corrected chi connectivity index (χ4v) is 1.95. The summed E-state index contributed by atoms with van der Waals surface area (Å²) < 4.78 is 0. The van der Waals surface area contributed by atoms with Gasteiger partial charge < -0.3 is 16.0 Å². The monoisotopic (exact) mass is 255 g/mol. The number of halogens is 1. The minimum atomic E-state index is 0.711. The van der Waals surface area contributed by atoms with Crippen LogP contribution in [-0.4, -0.2) is 31.1 Å². The Balaban J connectivity index is 2.42. The Kier molecular flexibility index (Phi) is 6.16. The number of nitrogens with one attached hydrogen (secondary N) is 1. The summed E-state index contributed by atoms with van der Waals surface area (Å²) >= 11 is 5.93. The van der Waals surface area contributed by atoms with Crippen LogP contribution in [0.2, 0.25) is 5.02 Å². The second-order valence-corrected chi connectivity index (χ2v) is 4.53. The van der Waals surface area contributed by atoms with E-state index in [4.69, 9.17) is 17.3 Å².